The lowest BCUT2D eigenvalue weighted by Crippen LogP contribution is -2.05. The summed E-state index contributed by atoms with van der Waals surface area (Å²) in [6.45, 7) is 4.18. The van der Waals surface area contributed by atoms with Crippen LogP contribution >= 0.6 is 0 Å². The number of fused-ring (bicyclic) bond motifs is 2. The summed E-state index contributed by atoms with van der Waals surface area (Å²) in [6.07, 6.45) is 0. The Morgan fingerprint density at radius 2 is 1.68 bits per heavy atom. The second-order valence-electron chi connectivity index (χ2n) is 6.22. The van der Waals surface area contributed by atoms with E-state index < -0.39 is 0 Å². The second-order valence-corrected chi connectivity index (χ2v) is 6.22. The Balaban J connectivity index is 1.67. The van der Waals surface area contributed by atoms with E-state index in [1.165, 1.54) is 10.8 Å². The van der Waals surface area contributed by atoms with Gasteiger partial charge in [-0.25, -0.2) is 4.79 Å². The van der Waals surface area contributed by atoms with E-state index in [0.717, 1.165) is 16.5 Å². The van der Waals surface area contributed by atoms with Crippen molar-refractivity contribution < 1.29 is 9.15 Å². The fourth-order valence-electron chi connectivity index (χ4n) is 3.10. The highest BCUT2D eigenvalue weighted by atomic mass is 16.5. The molecule has 4 rings (SSSR count). The van der Waals surface area contributed by atoms with Crippen LogP contribution in [0.4, 0.5) is 0 Å². The lowest BCUT2D eigenvalue weighted by Gasteiger charge is -2.10. The van der Waals surface area contributed by atoms with E-state index in [2.05, 4.69) is 24.3 Å². The lowest BCUT2D eigenvalue weighted by atomic mass is 10.1. The summed E-state index contributed by atoms with van der Waals surface area (Å²) in [4.78, 5) is 11.9. The maximum atomic E-state index is 11.9. The van der Waals surface area contributed by atoms with Crippen molar-refractivity contribution in [3.8, 4) is 5.75 Å². The van der Waals surface area contributed by atoms with E-state index in [-0.39, 0.29) is 5.63 Å². The van der Waals surface area contributed by atoms with Gasteiger partial charge in [-0.05, 0) is 47.9 Å². The van der Waals surface area contributed by atoms with E-state index in [1.54, 1.807) is 13.0 Å². The summed E-state index contributed by atoms with van der Waals surface area (Å²) >= 11 is 0. The molecule has 0 spiro atoms. The van der Waals surface area contributed by atoms with Crippen molar-refractivity contribution in [2.75, 3.05) is 0 Å². The van der Waals surface area contributed by atoms with Crippen molar-refractivity contribution in [3.63, 3.8) is 0 Å². The first-order valence-electron chi connectivity index (χ1n) is 8.27. The molecule has 1 aromatic heterocycles. The highest BCUT2D eigenvalue weighted by Gasteiger charge is 2.09. The molecule has 0 amide bonds. The number of ether oxygens (including phenoxy) is 1. The Morgan fingerprint density at radius 3 is 2.56 bits per heavy atom. The Hall–Kier alpha value is -3.07. The smallest absolute Gasteiger partial charge is 0.339 e. The molecule has 1 heterocycles. The summed E-state index contributed by atoms with van der Waals surface area (Å²) in [5, 5.41) is 3.32. The summed E-state index contributed by atoms with van der Waals surface area (Å²) < 4.78 is 11.4. The minimum atomic E-state index is -0.295. The molecule has 0 aliphatic carbocycles. The van der Waals surface area contributed by atoms with Crippen molar-refractivity contribution in [3.05, 3.63) is 87.8 Å². The number of hydrogen-bond donors (Lipinski definition) is 0. The number of benzene rings is 3. The molecule has 0 N–H and O–H groups in total. The lowest BCUT2D eigenvalue weighted by molar-refractivity contribution is 0.307. The largest absolute Gasteiger partial charge is 0.489 e. The minimum Gasteiger partial charge on any atom is -0.489 e. The predicted molar refractivity (Wildman–Crippen MR) is 100 cm³/mol. The normalized spacial score (nSPS) is 11.1. The van der Waals surface area contributed by atoms with Gasteiger partial charge in [0, 0.05) is 17.0 Å². The van der Waals surface area contributed by atoms with E-state index in [1.807, 2.05) is 37.3 Å². The van der Waals surface area contributed by atoms with Crippen molar-refractivity contribution >= 4 is 21.7 Å². The number of hydrogen-bond acceptors (Lipinski definition) is 3. The highest BCUT2D eigenvalue weighted by molar-refractivity contribution is 5.85. The third-order valence-corrected chi connectivity index (χ3v) is 4.70. The third-order valence-electron chi connectivity index (χ3n) is 4.70. The van der Waals surface area contributed by atoms with Gasteiger partial charge in [0.2, 0.25) is 0 Å². The van der Waals surface area contributed by atoms with Crippen LogP contribution in [0.3, 0.4) is 0 Å². The van der Waals surface area contributed by atoms with Crippen LogP contribution in [0.2, 0.25) is 0 Å². The van der Waals surface area contributed by atoms with E-state index in [4.69, 9.17) is 9.15 Å². The summed E-state index contributed by atoms with van der Waals surface area (Å²) in [6, 6.07) is 20.1. The molecule has 25 heavy (non-hydrogen) atoms. The van der Waals surface area contributed by atoms with Gasteiger partial charge in [0.25, 0.3) is 0 Å². The Labute approximate surface area is 145 Å². The molecule has 0 saturated heterocycles. The highest BCUT2D eigenvalue weighted by Crippen LogP contribution is 2.25. The minimum absolute atomic E-state index is 0.295. The number of aryl methyl sites for hydroxylation is 1. The SMILES string of the molecule is Cc1c(C)c2ccc(OCc3cccc4ccccc34)cc2oc1=O. The summed E-state index contributed by atoms with van der Waals surface area (Å²) in [7, 11) is 0. The van der Waals surface area contributed by atoms with Crippen LogP contribution in [-0.4, -0.2) is 0 Å². The van der Waals surface area contributed by atoms with E-state index >= 15 is 0 Å². The molecular formula is C22H18O3. The van der Waals surface area contributed by atoms with Crippen LogP contribution in [0, 0.1) is 13.8 Å². The molecule has 3 heteroatoms. The maximum Gasteiger partial charge on any atom is 0.339 e. The van der Waals surface area contributed by atoms with Crippen LogP contribution in [0.5, 0.6) is 5.75 Å². The fraction of sp³-hybridized carbons (Fsp3) is 0.136. The molecule has 4 aromatic rings. The van der Waals surface area contributed by atoms with Gasteiger partial charge in [-0.2, -0.15) is 0 Å². The Bertz CT molecular complexity index is 1130. The fourth-order valence-corrected chi connectivity index (χ4v) is 3.10. The van der Waals surface area contributed by atoms with Crippen molar-refractivity contribution in [2.24, 2.45) is 0 Å². The van der Waals surface area contributed by atoms with Gasteiger partial charge in [0.05, 0.1) is 0 Å². The first kappa shape index (κ1) is 15.5. The van der Waals surface area contributed by atoms with Crippen LogP contribution in [0.15, 0.2) is 69.9 Å². The van der Waals surface area contributed by atoms with Crippen molar-refractivity contribution in [1.29, 1.82) is 0 Å². The van der Waals surface area contributed by atoms with Gasteiger partial charge in [-0.3, -0.25) is 0 Å². The molecule has 0 unspecified atom stereocenters. The molecule has 3 nitrogen and oxygen atoms in total. The van der Waals surface area contributed by atoms with Gasteiger partial charge in [-0.1, -0.05) is 42.5 Å². The molecule has 3 aromatic carbocycles. The van der Waals surface area contributed by atoms with Crippen molar-refractivity contribution in [2.45, 2.75) is 20.5 Å². The van der Waals surface area contributed by atoms with Gasteiger partial charge in [0.1, 0.15) is 17.9 Å². The average molecular weight is 330 g/mol. The molecule has 0 bridgehead atoms. The predicted octanol–water partition coefficient (Wildman–Crippen LogP) is 5.14. The molecular weight excluding hydrogens is 312 g/mol. The molecule has 0 fully saturated rings. The zero-order valence-corrected chi connectivity index (χ0v) is 14.2. The van der Waals surface area contributed by atoms with Gasteiger partial charge in [-0.15, -0.1) is 0 Å². The Morgan fingerprint density at radius 1 is 0.880 bits per heavy atom. The molecule has 0 aliphatic rings. The number of rotatable bonds is 3. The molecule has 0 aliphatic heterocycles. The molecule has 0 atom stereocenters. The maximum absolute atomic E-state index is 11.9. The summed E-state index contributed by atoms with van der Waals surface area (Å²) in [5.74, 6) is 0.687. The zero-order valence-electron chi connectivity index (χ0n) is 14.2. The van der Waals surface area contributed by atoms with Crippen LogP contribution in [0.1, 0.15) is 16.7 Å². The summed E-state index contributed by atoms with van der Waals surface area (Å²) in [5.41, 5.74) is 2.99. The quantitative estimate of drug-likeness (QED) is 0.488. The molecule has 0 radical (unpaired) electrons. The standard InChI is InChI=1S/C22H18O3/c1-14-15(2)22(23)25-21-12-18(10-11-19(14)21)24-13-17-8-5-7-16-6-3-4-9-20(16)17/h3-12H,13H2,1-2H3. The third kappa shape index (κ3) is 2.78. The first-order chi connectivity index (χ1) is 12.1. The van der Waals surface area contributed by atoms with Crippen molar-refractivity contribution in [1.82, 2.24) is 0 Å². The second kappa shape index (κ2) is 6.10. The topological polar surface area (TPSA) is 39.4 Å². The average Bonchev–Trinajstić information content (AvgIpc) is 2.64. The van der Waals surface area contributed by atoms with Crippen LogP contribution < -0.4 is 10.4 Å². The zero-order chi connectivity index (χ0) is 17.4. The first-order valence-corrected chi connectivity index (χ1v) is 8.27. The van der Waals surface area contributed by atoms with Crippen LogP contribution in [-0.2, 0) is 6.61 Å². The van der Waals surface area contributed by atoms with E-state index in [0.29, 0.717) is 23.5 Å². The van der Waals surface area contributed by atoms with Gasteiger partial charge >= 0.3 is 5.63 Å². The monoisotopic (exact) mass is 330 g/mol. The Kier molecular flexibility index (Phi) is 3.77. The molecule has 0 saturated carbocycles. The van der Waals surface area contributed by atoms with Crippen LogP contribution in [0.25, 0.3) is 21.7 Å². The van der Waals surface area contributed by atoms with Gasteiger partial charge in [0.15, 0.2) is 0 Å². The van der Waals surface area contributed by atoms with E-state index in [9.17, 15) is 4.79 Å². The molecule has 124 valence electrons. The van der Waals surface area contributed by atoms with Gasteiger partial charge < -0.3 is 9.15 Å².